The first-order valence-corrected chi connectivity index (χ1v) is 8.63. The lowest BCUT2D eigenvalue weighted by molar-refractivity contribution is 0.215. The van der Waals surface area contributed by atoms with Crippen molar-refractivity contribution in [2.75, 3.05) is 6.54 Å². The maximum atomic E-state index is 5.77. The van der Waals surface area contributed by atoms with Crippen LogP contribution in [-0.4, -0.2) is 31.6 Å². The molecule has 1 N–H and O–H groups in total. The number of nitrogens with one attached hydrogen (secondary N) is 1. The summed E-state index contributed by atoms with van der Waals surface area (Å²) in [4.78, 5) is 10.7. The van der Waals surface area contributed by atoms with Crippen molar-refractivity contribution in [2.45, 2.75) is 52.1 Å². The summed E-state index contributed by atoms with van der Waals surface area (Å²) >= 11 is 0. The van der Waals surface area contributed by atoms with E-state index in [-0.39, 0.29) is 12.0 Å². The van der Waals surface area contributed by atoms with Gasteiger partial charge in [-0.1, -0.05) is 19.9 Å². The van der Waals surface area contributed by atoms with E-state index in [2.05, 4.69) is 59.1 Å². The van der Waals surface area contributed by atoms with Gasteiger partial charge in [0.2, 0.25) is 11.8 Å². The summed E-state index contributed by atoms with van der Waals surface area (Å²) in [6, 6.07) is 6.62. The lowest BCUT2D eigenvalue weighted by Gasteiger charge is -2.20. The molecule has 1 aromatic carbocycles. The Morgan fingerprint density at radius 2 is 2.21 bits per heavy atom. The van der Waals surface area contributed by atoms with Crippen LogP contribution >= 0.6 is 0 Å². The van der Waals surface area contributed by atoms with Crippen molar-refractivity contribution in [3.8, 4) is 0 Å². The van der Waals surface area contributed by atoms with E-state index < -0.39 is 0 Å². The summed E-state index contributed by atoms with van der Waals surface area (Å²) in [6.07, 6.45) is 2.26. The largest absolute Gasteiger partial charge is 0.424 e. The van der Waals surface area contributed by atoms with Crippen LogP contribution in [0.15, 0.2) is 22.6 Å². The molecule has 6 nitrogen and oxygen atoms in total. The molecule has 2 aromatic heterocycles. The molecule has 3 aromatic rings. The number of nitrogens with zero attached hydrogens (tertiary/aromatic N) is 4. The van der Waals surface area contributed by atoms with E-state index in [4.69, 9.17) is 9.40 Å². The van der Waals surface area contributed by atoms with Crippen molar-refractivity contribution in [1.82, 2.24) is 25.1 Å². The summed E-state index contributed by atoms with van der Waals surface area (Å²) in [5.74, 6) is 2.70. The second-order valence-electron chi connectivity index (χ2n) is 6.96. The van der Waals surface area contributed by atoms with Crippen molar-refractivity contribution in [3.63, 3.8) is 0 Å². The SMILES string of the molecule is Cc1ccc2nc([C@@H]3CCCN3Cc3nnc(C(C)C)o3)[nH]c2c1. The van der Waals surface area contributed by atoms with Crippen LogP contribution in [0, 0.1) is 6.92 Å². The van der Waals surface area contributed by atoms with E-state index in [1.807, 2.05) is 0 Å². The summed E-state index contributed by atoms with van der Waals surface area (Å²) in [5.41, 5.74) is 3.38. The van der Waals surface area contributed by atoms with Crippen LogP contribution in [0.2, 0.25) is 0 Å². The van der Waals surface area contributed by atoms with Gasteiger partial charge in [-0.3, -0.25) is 4.90 Å². The number of likely N-dealkylation sites (tertiary alicyclic amines) is 1. The highest BCUT2D eigenvalue weighted by atomic mass is 16.4. The second-order valence-corrected chi connectivity index (χ2v) is 6.96. The number of H-pyrrole nitrogens is 1. The average molecular weight is 325 g/mol. The molecule has 6 heteroatoms. The van der Waals surface area contributed by atoms with Gasteiger partial charge < -0.3 is 9.40 Å². The lowest BCUT2D eigenvalue weighted by atomic mass is 10.2. The quantitative estimate of drug-likeness (QED) is 0.791. The van der Waals surface area contributed by atoms with Crippen molar-refractivity contribution in [2.24, 2.45) is 0 Å². The standard InChI is InChI=1S/C18H23N5O/c1-11(2)18-22-21-16(24-18)10-23-8-4-5-15(23)17-19-13-7-6-12(3)9-14(13)20-17/h6-7,9,11,15H,4-5,8,10H2,1-3H3,(H,19,20)/t15-/m0/s1. The summed E-state index contributed by atoms with van der Waals surface area (Å²) in [6.45, 7) is 7.93. The van der Waals surface area contributed by atoms with Gasteiger partial charge in [0.05, 0.1) is 23.6 Å². The van der Waals surface area contributed by atoms with Gasteiger partial charge in [-0.25, -0.2) is 4.98 Å². The third kappa shape index (κ3) is 2.82. The topological polar surface area (TPSA) is 70.8 Å². The highest BCUT2D eigenvalue weighted by Gasteiger charge is 2.30. The molecular weight excluding hydrogens is 302 g/mol. The number of rotatable bonds is 4. The van der Waals surface area contributed by atoms with Gasteiger partial charge in [-0.05, 0) is 44.0 Å². The normalized spacial score (nSPS) is 18.9. The molecular formula is C18H23N5O. The number of fused-ring (bicyclic) bond motifs is 1. The Labute approximate surface area is 141 Å². The Kier molecular flexibility index (Phi) is 3.84. The molecule has 24 heavy (non-hydrogen) atoms. The number of hydrogen-bond donors (Lipinski definition) is 1. The number of aromatic amines is 1. The molecule has 126 valence electrons. The van der Waals surface area contributed by atoms with E-state index in [1.54, 1.807) is 0 Å². The van der Waals surface area contributed by atoms with Crippen LogP contribution in [0.4, 0.5) is 0 Å². The fourth-order valence-electron chi connectivity index (χ4n) is 3.36. The number of aryl methyl sites for hydroxylation is 1. The van der Waals surface area contributed by atoms with E-state index in [0.29, 0.717) is 18.3 Å². The molecule has 1 fully saturated rings. The Bertz CT molecular complexity index is 850. The first-order chi connectivity index (χ1) is 11.6. The monoisotopic (exact) mass is 325 g/mol. The van der Waals surface area contributed by atoms with Gasteiger partial charge in [0.1, 0.15) is 5.82 Å². The molecule has 1 saturated heterocycles. The van der Waals surface area contributed by atoms with Crippen molar-refractivity contribution >= 4 is 11.0 Å². The lowest BCUT2D eigenvalue weighted by Crippen LogP contribution is -2.23. The Morgan fingerprint density at radius 1 is 1.33 bits per heavy atom. The van der Waals surface area contributed by atoms with Crippen molar-refractivity contribution in [3.05, 3.63) is 41.4 Å². The molecule has 0 aliphatic carbocycles. The fraction of sp³-hybridized carbons (Fsp3) is 0.500. The maximum absolute atomic E-state index is 5.77. The molecule has 0 saturated carbocycles. The Hall–Kier alpha value is -2.21. The van der Waals surface area contributed by atoms with Crippen LogP contribution in [0.1, 0.15) is 61.8 Å². The molecule has 1 atom stereocenters. The first kappa shape index (κ1) is 15.3. The van der Waals surface area contributed by atoms with Crippen molar-refractivity contribution < 1.29 is 4.42 Å². The maximum Gasteiger partial charge on any atom is 0.230 e. The van der Waals surface area contributed by atoms with E-state index in [1.165, 1.54) is 5.56 Å². The smallest absolute Gasteiger partial charge is 0.230 e. The Balaban J connectivity index is 1.56. The fourth-order valence-corrected chi connectivity index (χ4v) is 3.36. The molecule has 4 rings (SSSR count). The number of hydrogen-bond acceptors (Lipinski definition) is 5. The van der Waals surface area contributed by atoms with E-state index >= 15 is 0 Å². The van der Waals surface area contributed by atoms with Gasteiger partial charge in [0.15, 0.2) is 0 Å². The van der Waals surface area contributed by atoms with Gasteiger partial charge in [-0.2, -0.15) is 0 Å². The Morgan fingerprint density at radius 3 is 3.00 bits per heavy atom. The molecule has 0 amide bonds. The zero-order valence-corrected chi connectivity index (χ0v) is 14.4. The summed E-state index contributed by atoms with van der Waals surface area (Å²) < 4.78 is 5.77. The number of imidazole rings is 1. The second kappa shape index (κ2) is 6.02. The molecule has 0 bridgehead atoms. The van der Waals surface area contributed by atoms with E-state index in [9.17, 15) is 0 Å². The van der Waals surface area contributed by atoms with Gasteiger partial charge >= 0.3 is 0 Å². The van der Waals surface area contributed by atoms with Crippen LogP contribution in [0.5, 0.6) is 0 Å². The minimum Gasteiger partial charge on any atom is -0.424 e. The van der Waals surface area contributed by atoms with Gasteiger partial charge in [-0.15, -0.1) is 10.2 Å². The highest BCUT2D eigenvalue weighted by Crippen LogP contribution is 2.32. The van der Waals surface area contributed by atoms with Gasteiger partial charge in [0, 0.05) is 5.92 Å². The summed E-state index contributed by atoms with van der Waals surface area (Å²) in [7, 11) is 0. The van der Waals surface area contributed by atoms with E-state index in [0.717, 1.165) is 36.2 Å². The average Bonchev–Trinajstić information content (AvgIpc) is 3.25. The zero-order chi connectivity index (χ0) is 16.7. The zero-order valence-electron chi connectivity index (χ0n) is 14.4. The highest BCUT2D eigenvalue weighted by molar-refractivity contribution is 5.75. The minimum absolute atomic E-state index is 0.263. The number of benzene rings is 1. The van der Waals surface area contributed by atoms with Crippen LogP contribution in [0.25, 0.3) is 11.0 Å². The first-order valence-electron chi connectivity index (χ1n) is 8.63. The molecule has 1 aliphatic heterocycles. The minimum atomic E-state index is 0.263. The predicted molar refractivity (Wildman–Crippen MR) is 91.6 cm³/mol. The van der Waals surface area contributed by atoms with Crippen LogP contribution < -0.4 is 0 Å². The van der Waals surface area contributed by atoms with Crippen molar-refractivity contribution in [1.29, 1.82) is 0 Å². The molecule has 3 heterocycles. The van der Waals surface area contributed by atoms with Crippen LogP contribution in [-0.2, 0) is 6.54 Å². The van der Waals surface area contributed by atoms with Crippen LogP contribution in [0.3, 0.4) is 0 Å². The summed E-state index contributed by atoms with van der Waals surface area (Å²) in [5, 5.41) is 8.33. The molecule has 0 unspecified atom stereocenters. The molecule has 0 radical (unpaired) electrons. The third-order valence-electron chi connectivity index (χ3n) is 4.65. The molecule has 0 spiro atoms. The van der Waals surface area contributed by atoms with Gasteiger partial charge in [0.25, 0.3) is 0 Å². The predicted octanol–water partition coefficient (Wildman–Crippen LogP) is 3.71. The third-order valence-corrected chi connectivity index (χ3v) is 4.65. The molecule has 1 aliphatic rings. The number of aromatic nitrogens is 4.